The van der Waals surface area contributed by atoms with Crippen molar-refractivity contribution in [2.24, 2.45) is 0 Å². The van der Waals surface area contributed by atoms with Gasteiger partial charge in [0.1, 0.15) is 5.75 Å². The van der Waals surface area contributed by atoms with Gasteiger partial charge in [-0.05, 0) is 30.7 Å². The third-order valence-electron chi connectivity index (χ3n) is 3.65. The van der Waals surface area contributed by atoms with Gasteiger partial charge in [-0.3, -0.25) is 0 Å². The highest BCUT2D eigenvalue weighted by atomic mass is 32.2. The highest BCUT2D eigenvalue weighted by Gasteiger charge is 2.30. The minimum atomic E-state index is 0.439. The minimum Gasteiger partial charge on any atom is -0.497 e. The van der Waals surface area contributed by atoms with Crippen LogP contribution in [0.15, 0.2) is 24.3 Å². The molecule has 0 spiro atoms. The first-order chi connectivity index (χ1) is 9.76. The molecule has 1 aromatic rings. The Bertz CT molecular complexity index is 396. The first-order valence-electron chi connectivity index (χ1n) is 7.36. The Morgan fingerprint density at radius 1 is 1.25 bits per heavy atom. The molecule has 0 aromatic heterocycles. The van der Waals surface area contributed by atoms with E-state index in [0.29, 0.717) is 16.5 Å². The summed E-state index contributed by atoms with van der Waals surface area (Å²) in [5.41, 5.74) is 1.38. The topological polar surface area (TPSA) is 21.3 Å². The molecule has 0 saturated carbocycles. The van der Waals surface area contributed by atoms with Gasteiger partial charge in [-0.1, -0.05) is 26.0 Å². The Kier molecular flexibility index (Phi) is 6.59. The van der Waals surface area contributed by atoms with Crippen molar-refractivity contribution >= 4 is 23.5 Å². The van der Waals surface area contributed by atoms with Gasteiger partial charge in [-0.25, -0.2) is 0 Å². The molecule has 1 aliphatic heterocycles. The van der Waals surface area contributed by atoms with Crippen molar-refractivity contribution in [1.82, 2.24) is 5.32 Å². The summed E-state index contributed by atoms with van der Waals surface area (Å²) in [7, 11) is 1.72. The van der Waals surface area contributed by atoms with Gasteiger partial charge < -0.3 is 10.1 Å². The Hall–Kier alpha value is -0.320. The van der Waals surface area contributed by atoms with Crippen LogP contribution in [0.4, 0.5) is 0 Å². The number of nitrogens with one attached hydrogen (secondary N) is 1. The first kappa shape index (κ1) is 16.1. The van der Waals surface area contributed by atoms with E-state index in [2.05, 4.69) is 67.0 Å². The molecule has 4 heteroatoms. The summed E-state index contributed by atoms with van der Waals surface area (Å²) in [6.07, 6.45) is 1.17. The molecule has 2 rings (SSSR count). The number of thioether (sulfide) groups is 2. The molecule has 20 heavy (non-hydrogen) atoms. The predicted molar refractivity (Wildman–Crippen MR) is 92.2 cm³/mol. The maximum Gasteiger partial charge on any atom is 0.118 e. The highest BCUT2D eigenvalue weighted by Crippen LogP contribution is 2.38. The van der Waals surface area contributed by atoms with E-state index >= 15 is 0 Å². The summed E-state index contributed by atoms with van der Waals surface area (Å²) in [5, 5.41) is 5.09. The second-order valence-electron chi connectivity index (χ2n) is 5.12. The Morgan fingerprint density at radius 3 is 2.55 bits per heavy atom. The van der Waals surface area contributed by atoms with E-state index in [9.17, 15) is 0 Å². The number of methoxy groups -OCH3 is 1. The van der Waals surface area contributed by atoms with E-state index in [1.54, 1.807) is 7.11 Å². The predicted octanol–water partition coefficient (Wildman–Crippen LogP) is 3.97. The van der Waals surface area contributed by atoms with Crippen molar-refractivity contribution < 1.29 is 4.74 Å². The summed E-state index contributed by atoms with van der Waals surface area (Å²) in [4.78, 5) is 0. The second kappa shape index (κ2) is 8.20. The molecule has 0 bridgehead atoms. The second-order valence-corrected chi connectivity index (χ2v) is 7.89. The Balaban J connectivity index is 2.16. The standard InChI is InChI=1S/C16H25NOS2/c1-4-9-17-15(16-12(2)19-10-11-20-16)13-5-7-14(18-3)8-6-13/h5-8,12,15-17H,4,9-11H2,1-3H3. The fourth-order valence-electron chi connectivity index (χ4n) is 2.55. The molecule has 1 aromatic carbocycles. The lowest BCUT2D eigenvalue weighted by atomic mass is 10.0. The Labute approximate surface area is 131 Å². The zero-order chi connectivity index (χ0) is 14.4. The molecule has 1 saturated heterocycles. The lowest BCUT2D eigenvalue weighted by Gasteiger charge is -2.35. The highest BCUT2D eigenvalue weighted by molar-refractivity contribution is 8.07. The largest absolute Gasteiger partial charge is 0.497 e. The van der Waals surface area contributed by atoms with Gasteiger partial charge in [0.15, 0.2) is 0 Å². The van der Waals surface area contributed by atoms with Crippen LogP contribution in [0.2, 0.25) is 0 Å². The van der Waals surface area contributed by atoms with Crippen LogP contribution in [0.1, 0.15) is 31.9 Å². The summed E-state index contributed by atoms with van der Waals surface area (Å²) in [6, 6.07) is 8.99. The van der Waals surface area contributed by atoms with E-state index in [4.69, 9.17) is 4.74 Å². The SMILES string of the molecule is CCCNC(c1ccc(OC)cc1)C1SCCSC1C. The van der Waals surface area contributed by atoms with Gasteiger partial charge in [0.2, 0.25) is 0 Å². The molecular formula is C16H25NOS2. The minimum absolute atomic E-state index is 0.439. The zero-order valence-electron chi connectivity index (χ0n) is 12.6. The number of benzene rings is 1. The molecule has 0 radical (unpaired) electrons. The molecule has 1 heterocycles. The zero-order valence-corrected chi connectivity index (χ0v) is 14.2. The third kappa shape index (κ3) is 4.09. The van der Waals surface area contributed by atoms with Crippen molar-refractivity contribution in [2.45, 2.75) is 36.8 Å². The van der Waals surface area contributed by atoms with E-state index in [1.807, 2.05) is 0 Å². The van der Waals surface area contributed by atoms with Crippen LogP contribution in [-0.4, -0.2) is 35.7 Å². The van der Waals surface area contributed by atoms with Gasteiger partial charge in [-0.2, -0.15) is 23.5 Å². The molecule has 1 N–H and O–H groups in total. The van der Waals surface area contributed by atoms with Gasteiger partial charge in [0, 0.05) is 28.0 Å². The first-order valence-corrected chi connectivity index (χ1v) is 9.46. The number of hydrogen-bond acceptors (Lipinski definition) is 4. The molecule has 3 unspecified atom stereocenters. The molecule has 0 aliphatic carbocycles. The fraction of sp³-hybridized carbons (Fsp3) is 0.625. The lowest BCUT2D eigenvalue weighted by molar-refractivity contribution is 0.414. The molecule has 1 aliphatic rings. The Morgan fingerprint density at radius 2 is 1.95 bits per heavy atom. The molecular weight excluding hydrogens is 286 g/mol. The molecule has 0 amide bonds. The van der Waals surface area contributed by atoms with Crippen LogP contribution >= 0.6 is 23.5 Å². The van der Waals surface area contributed by atoms with Crippen molar-refractivity contribution in [3.05, 3.63) is 29.8 Å². The average molecular weight is 312 g/mol. The monoisotopic (exact) mass is 311 g/mol. The third-order valence-corrected chi connectivity index (χ3v) is 6.85. The van der Waals surface area contributed by atoms with E-state index in [1.165, 1.54) is 23.5 Å². The van der Waals surface area contributed by atoms with Crippen LogP contribution in [0.3, 0.4) is 0 Å². The van der Waals surface area contributed by atoms with Crippen LogP contribution in [0.5, 0.6) is 5.75 Å². The van der Waals surface area contributed by atoms with Crippen LogP contribution in [0, 0.1) is 0 Å². The summed E-state index contributed by atoms with van der Waals surface area (Å²) < 4.78 is 5.27. The molecule has 3 atom stereocenters. The number of rotatable bonds is 6. The lowest BCUT2D eigenvalue weighted by Crippen LogP contribution is -2.38. The molecule has 1 fully saturated rings. The van der Waals surface area contributed by atoms with Gasteiger partial charge in [0.25, 0.3) is 0 Å². The van der Waals surface area contributed by atoms with E-state index < -0.39 is 0 Å². The van der Waals surface area contributed by atoms with Crippen LogP contribution in [-0.2, 0) is 0 Å². The van der Waals surface area contributed by atoms with Crippen molar-refractivity contribution in [2.75, 3.05) is 25.2 Å². The molecule has 2 nitrogen and oxygen atoms in total. The van der Waals surface area contributed by atoms with Gasteiger partial charge >= 0.3 is 0 Å². The van der Waals surface area contributed by atoms with Crippen molar-refractivity contribution in [3.8, 4) is 5.75 Å². The summed E-state index contributed by atoms with van der Waals surface area (Å²) >= 11 is 4.22. The molecule has 112 valence electrons. The van der Waals surface area contributed by atoms with Crippen molar-refractivity contribution in [3.63, 3.8) is 0 Å². The summed E-state index contributed by atoms with van der Waals surface area (Å²) in [5.74, 6) is 3.48. The average Bonchev–Trinajstić information content (AvgIpc) is 2.50. The van der Waals surface area contributed by atoms with Crippen molar-refractivity contribution in [1.29, 1.82) is 0 Å². The summed E-state index contributed by atoms with van der Waals surface area (Å²) in [6.45, 7) is 5.67. The van der Waals surface area contributed by atoms with Gasteiger partial charge in [0.05, 0.1) is 7.11 Å². The number of ether oxygens (including phenoxy) is 1. The maximum atomic E-state index is 5.27. The maximum absolute atomic E-state index is 5.27. The normalized spacial score (nSPS) is 24.4. The van der Waals surface area contributed by atoms with E-state index in [-0.39, 0.29) is 0 Å². The quantitative estimate of drug-likeness (QED) is 0.857. The van der Waals surface area contributed by atoms with Crippen LogP contribution < -0.4 is 10.1 Å². The number of hydrogen-bond donors (Lipinski definition) is 1. The fourth-order valence-corrected chi connectivity index (χ4v) is 5.50. The van der Waals surface area contributed by atoms with Crippen LogP contribution in [0.25, 0.3) is 0 Å². The van der Waals surface area contributed by atoms with Gasteiger partial charge in [-0.15, -0.1) is 0 Å². The van der Waals surface area contributed by atoms with E-state index in [0.717, 1.165) is 12.3 Å². The smallest absolute Gasteiger partial charge is 0.118 e.